The number of nitrogens with one attached hydrogen (secondary N) is 2. The number of hydrogen-bond acceptors (Lipinski definition) is 6. The molecule has 1 aromatic heterocycles. The van der Waals surface area contributed by atoms with E-state index in [1.54, 1.807) is 24.3 Å². The third-order valence-corrected chi connectivity index (χ3v) is 4.06. The molecule has 10 heteroatoms. The number of halogens is 1. The van der Waals surface area contributed by atoms with E-state index in [9.17, 15) is 14.0 Å². The van der Waals surface area contributed by atoms with Crippen molar-refractivity contribution in [1.82, 2.24) is 9.69 Å². The molecule has 26 heavy (non-hydrogen) atoms. The molecule has 2 rings (SSSR count). The number of urea groups is 1. The zero-order valence-corrected chi connectivity index (χ0v) is 14.8. The Labute approximate surface area is 153 Å². The van der Waals surface area contributed by atoms with Crippen molar-refractivity contribution in [3.63, 3.8) is 0 Å². The van der Waals surface area contributed by atoms with Crippen LogP contribution in [0.3, 0.4) is 0 Å². The highest BCUT2D eigenvalue weighted by molar-refractivity contribution is 7.11. The Morgan fingerprint density at radius 3 is 2.69 bits per heavy atom. The van der Waals surface area contributed by atoms with Crippen LogP contribution in [0.4, 0.5) is 14.2 Å². The second-order valence-electron chi connectivity index (χ2n) is 5.43. The van der Waals surface area contributed by atoms with E-state index in [-0.39, 0.29) is 29.6 Å². The summed E-state index contributed by atoms with van der Waals surface area (Å²) in [7, 11) is 0. The Morgan fingerprint density at radius 1 is 1.38 bits per heavy atom. The molecule has 1 aromatic carbocycles. The van der Waals surface area contributed by atoms with Crippen LogP contribution in [0.15, 0.2) is 24.3 Å². The minimum Gasteiger partial charge on any atom is -0.472 e. The van der Waals surface area contributed by atoms with Crippen LogP contribution in [-0.4, -0.2) is 34.1 Å². The summed E-state index contributed by atoms with van der Waals surface area (Å²) in [6.07, 6.45) is -0.715. The average Bonchev–Trinajstić information content (AvgIpc) is 3.01. The first-order chi connectivity index (χ1) is 12.4. The Kier molecular flexibility index (Phi) is 6.87. The van der Waals surface area contributed by atoms with Crippen molar-refractivity contribution in [1.29, 1.82) is 0 Å². The Balaban J connectivity index is 2.11. The molecule has 1 atom stereocenters. The minimum absolute atomic E-state index is 0.00221. The number of aliphatic hydroxyl groups is 1. The molecule has 0 aliphatic heterocycles. The number of benzene rings is 1. The van der Waals surface area contributed by atoms with Gasteiger partial charge in [0.15, 0.2) is 0 Å². The summed E-state index contributed by atoms with van der Waals surface area (Å²) in [5, 5.41) is 14.1. The van der Waals surface area contributed by atoms with E-state index >= 15 is 0 Å². The molecule has 2 aromatic rings. The number of anilines is 1. The van der Waals surface area contributed by atoms with Crippen LogP contribution in [0, 0.1) is 0 Å². The fourth-order valence-corrected chi connectivity index (χ4v) is 2.77. The van der Waals surface area contributed by atoms with Gasteiger partial charge in [0.05, 0.1) is 6.10 Å². The third kappa shape index (κ3) is 5.14. The molecule has 8 nitrogen and oxygen atoms in total. The first-order valence-corrected chi connectivity index (χ1v) is 8.47. The van der Waals surface area contributed by atoms with Gasteiger partial charge in [0.2, 0.25) is 5.88 Å². The highest BCUT2D eigenvalue weighted by Gasteiger charge is 2.22. The van der Waals surface area contributed by atoms with Crippen molar-refractivity contribution in [3.05, 3.63) is 41.0 Å². The SMILES string of the molecule is CC(O)CNC(=O)Nc1snc(OCc2ccccc2CF)c1C(N)=O. The molecular formula is C16H19FN4O4S. The Morgan fingerprint density at radius 2 is 2.08 bits per heavy atom. The molecule has 3 amide bonds. The van der Waals surface area contributed by atoms with Crippen molar-refractivity contribution in [3.8, 4) is 5.88 Å². The van der Waals surface area contributed by atoms with Crippen LogP contribution in [0.1, 0.15) is 28.4 Å². The van der Waals surface area contributed by atoms with Gasteiger partial charge in [-0.05, 0) is 29.6 Å². The summed E-state index contributed by atoms with van der Waals surface area (Å²) < 4.78 is 22.5. The van der Waals surface area contributed by atoms with Crippen molar-refractivity contribution in [2.45, 2.75) is 26.3 Å². The summed E-state index contributed by atoms with van der Waals surface area (Å²) in [6, 6.07) is 6.17. The quantitative estimate of drug-likeness (QED) is 0.554. The number of primary amides is 1. The molecule has 0 saturated carbocycles. The topological polar surface area (TPSA) is 127 Å². The van der Waals surface area contributed by atoms with Crippen LogP contribution in [0.25, 0.3) is 0 Å². The summed E-state index contributed by atoms with van der Waals surface area (Å²) in [5.74, 6) is -0.861. The number of rotatable bonds is 8. The number of carbonyl (C=O) groups excluding carboxylic acids is 2. The van der Waals surface area contributed by atoms with Crippen molar-refractivity contribution in [2.75, 3.05) is 11.9 Å². The predicted octanol–water partition coefficient (Wildman–Crippen LogP) is 1.79. The molecule has 0 aliphatic carbocycles. The lowest BCUT2D eigenvalue weighted by molar-refractivity contribution is 0.0996. The van der Waals surface area contributed by atoms with Gasteiger partial charge in [-0.15, -0.1) is 0 Å². The van der Waals surface area contributed by atoms with Gasteiger partial charge in [-0.1, -0.05) is 24.3 Å². The van der Waals surface area contributed by atoms with Crippen molar-refractivity contribution < 1.29 is 23.8 Å². The Hall–Kier alpha value is -2.72. The lowest BCUT2D eigenvalue weighted by Crippen LogP contribution is -2.34. The van der Waals surface area contributed by atoms with Gasteiger partial charge in [-0.2, -0.15) is 4.37 Å². The molecular weight excluding hydrogens is 363 g/mol. The number of amides is 3. The van der Waals surface area contributed by atoms with E-state index in [0.29, 0.717) is 11.1 Å². The molecule has 1 unspecified atom stereocenters. The minimum atomic E-state index is -0.821. The number of aliphatic hydroxyl groups excluding tert-OH is 1. The van der Waals surface area contributed by atoms with Gasteiger partial charge >= 0.3 is 6.03 Å². The first kappa shape index (κ1) is 19.6. The summed E-state index contributed by atoms with van der Waals surface area (Å²) in [6.45, 7) is 0.913. The van der Waals surface area contributed by atoms with Gasteiger partial charge in [-0.3, -0.25) is 10.1 Å². The van der Waals surface area contributed by atoms with E-state index in [1.165, 1.54) is 6.92 Å². The van der Waals surface area contributed by atoms with Crippen molar-refractivity contribution >= 4 is 28.5 Å². The summed E-state index contributed by atoms with van der Waals surface area (Å²) in [4.78, 5) is 23.5. The maximum atomic E-state index is 13.0. The number of hydrogen-bond donors (Lipinski definition) is 4. The summed E-state index contributed by atoms with van der Waals surface area (Å²) >= 11 is 0.828. The lowest BCUT2D eigenvalue weighted by atomic mass is 10.1. The maximum Gasteiger partial charge on any atom is 0.320 e. The fourth-order valence-electron chi connectivity index (χ4n) is 2.04. The molecule has 0 aliphatic rings. The number of ether oxygens (including phenoxy) is 1. The normalized spacial score (nSPS) is 11.7. The standard InChI is InChI=1S/C16H19FN4O4S/c1-9(22)7-19-16(24)20-15-12(13(18)23)14(21-26-15)25-8-11-5-3-2-4-10(11)6-17/h2-5,9,22H,6-8H2,1H3,(H2,18,23)(H2,19,20,24). The van der Waals surface area contributed by atoms with E-state index in [1.807, 2.05) is 0 Å². The van der Waals surface area contributed by atoms with Crippen LogP contribution in [0.2, 0.25) is 0 Å². The predicted molar refractivity (Wildman–Crippen MR) is 94.9 cm³/mol. The first-order valence-electron chi connectivity index (χ1n) is 7.70. The van der Waals surface area contributed by atoms with Crippen LogP contribution in [-0.2, 0) is 13.3 Å². The number of aromatic nitrogens is 1. The monoisotopic (exact) mass is 382 g/mol. The fraction of sp³-hybridized carbons (Fsp3) is 0.312. The molecule has 0 spiro atoms. The molecule has 0 saturated heterocycles. The molecule has 0 fully saturated rings. The molecule has 0 radical (unpaired) electrons. The van der Waals surface area contributed by atoms with Gasteiger partial charge in [0.25, 0.3) is 5.91 Å². The van der Waals surface area contributed by atoms with Crippen LogP contribution >= 0.6 is 11.5 Å². The van der Waals surface area contributed by atoms with E-state index in [0.717, 1.165) is 11.5 Å². The number of nitrogens with zero attached hydrogens (tertiary/aromatic N) is 1. The van der Waals surface area contributed by atoms with Crippen LogP contribution in [0.5, 0.6) is 5.88 Å². The maximum absolute atomic E-state index is 13.0. The highest BCUT2D eigenvalue weighted by atomic mass is 32.1. The van der Waals surface area contributed by atoms with Crippen LogP contribution < -0.4 is 21.1 Å². The second kappa shape index (κ2) is 9.11. The molecule has 140 valence electrons. The smallest absolute Gasteiger partial charge is 0.320 e. The zero-order chi connectivity index (χ0) is 19.1. The third-order valence-electron chi connectivity index (χ3n) is 3.32. The molecule has 1 heterocycles. The molecule has 5 N–H and O–H groups in total. The van der Waals surface area contributed by atoms with Gasteiger partial charge < -0.3 is 20.9 Å². The van der Waals surface area contributed by atoms with E-state index in [4.69, 9.17) is 15.6 Å². The summed E-state index contributed by atoms with van der Waals surface area (Å²) in [5.41, 5.74) is 6.37. The van der Waals surface area contributed by atoms with E-state index < -0.39 is 24.7 Å². The number of alkyl halides is 1. The van der Waals surface area contributed by atoms with Crippen molar-refractivity contribution in [2.24, 2.45) is 5.73 Å². The molecule has 0 bridgehead atoms. The highest BCUT2D eigenvalue weighted by Crippen LogP contribution is 2.31. The largest absolute Gasteiger partial charge is 0.472 e. The van der Waals surface area contributed by atoms with Gasteiger partial charge in [0.1, 0.15) is 23.8 Å². The lowest BCUT2D eigenvalue weighted by Gasteiger charge is -2.09. The average molecular weight is 382 g/mol. The van der Waals surface area contributed by atoms with E-state index in [2.05, 4.69) is 15.0 Å². The Bertz CT molecular complexity index is 781. The number of nitrogens with two attached hydrogens (primary N) is 1. The number of carbonyl (C=O) groups is 2. The van der Waals surface area contributed by atoms with Gasteiger partial charge in [0, 0.05) is 6.54 Å². The zero-order valence-electron chi connectivity index (χ0n) is 14.0. The second-order valence-corrected chi connectivity index (χ2v) is 6.20. The van der Waals surface area contributed by atoms with Gasteiger partial charge in [-0.25, -0.2) is 9.18 Å².